The monoisotopic (exact) mass is 662 g/mol. The first-order valence-corrected chi connectivity index (χ1v) is 16.4. The van der Waals surface area contributed by atoms with E-state index in [2.05, 4.69) is 30.3 Å². The quantitative estimate of drug-likeness (QED) is 0.134. The standard InChI is InChI=1S/C34H50N2O4S.BrH/c1-4-5-6-7-8-9-10-11-12-13-14-15-22-39-33-23-31(38-3)20-21-32(33)40-26-34(37)35-30-18-16-29(17-19-30)25-36-24-28(2)41-27-36;/h16-21,23-24H,4-15,22,25-27H2,1-3H3,(H,35,37);1H. The van der Waals surface area contributed by atoms with Crippen molar-refractivity contribution in [2.24, 2.45) is 0 Å². The molecule has 0 saturated heterocycles. The van der Waals surface area contributed by atoms with Gasteiger partial charge in [0.1, 0.15) is 5.75 Å². The Balaban J connectivity index is 0.00000616. The lowest BCUT2D eigenvalue weighted by Gasteiger charge is -2.15. The van der Waals surface area contributed by atoms with Crippen LogP contribution in [0.2, 0.25) is 0 Å². The zero-order valence-corrected chi connectivity index (χ0v) is 28.4. The lowest BCUT2D eigenvalue weighted by Crippen LogP contribution is -2.20. The molecule has 2 aromatic carbocycles. The number of hydrogen-bond acceptors (Lipinski definition) is 6. The van der Waals surface area contributed by atoms with Crippen molar-refractivity contribution in [3.8, 4) is 17.2 Å². The Labute approximate surface area is 268 Å². The molecular formula is C34H51BrN2O4S. The lowest BCUT2D eigenvalue weighted by molar-refractivity contribution is -0.118. The summed E-state index contributed by atoms with van der Waals surface area (Å²) in [7, 11) is 1.63. The molecule has 0 spiro atoms. The number of halogens is 1. The summed E-state index contributed by atoms with van der Waals surface area (Å²) in [5, 5.41) is 2.92. The van der Waals surface area contributed by atoms with Crippen LogP contribution >= 0.6 is 28.7 Å². The predicted octanol–water partition coefficient (Wildman–Crippen LogP) is 9.74. The maximum atomic E-state index is 12.6. The number of allylic oxidation sites excluding steroid dienone is 1. The van der Waals surface area contributed by atoms with E-state index in [1.807, 2.05) is 48.2 Å². The number of nitrogens with one attached hydrogen (secondary N) is 1. The van der Waals surface area contributed by atoms with Crippen LogP contribution in [-0.2, 0) is 11.3 Å². The minimum absolute atomic E-state index is 0. The first-order chi connectivity index (χ1) is 20.1. The summed E-state index contributed by atoms with van der Waals surface area (Å²) in [6, 6.07) is 13.4. The van der Waals surface area contributed by atoms with Crippen LogP contribution in [0.5, 0.6) is 17.2 Å². The summed E-state index contributed by atoms with van der Waals surface area (Å²) >= 11 is 1.85. The number of nitrogens with zero attached hydrogens (tertiary/aromatic N) is 1. The molecule has 2 aromatic rings. The molecule has 234 valence electrons. The fourth-order valence-corrected chi connectivity index (χ4v) is 5.61. The number of carbonyl (C=O) groups excluding carboxylic acids is 1. The van der Waals surface area contributed by atoms with Crippen LogP contribution in [0.1, 0.15) is 96.5 Å². The van der Waals surface area contributed by atoms with Crippen molar-refractivity contribution in [2.75, 3.05) is 31.5 Å². The van der Waals surface area contributed by atoms with Gasteiger partial charge in [-0.1, -0.05) is 89.7 Å². The van der Waals surface area contributed by atoms with Crippen LogP contribution in [0, 0.1) is 0 Å². The molecule has 6 nitrogen and oxygen atoms in total. The second kappa shape index (κ2) is 21.4. The normalized spacial score (nSPS) is 12.5. The number of rotatable bonds is 21. The van der Waals surface area contributed by atoms with E-state index in [-0.39, 0.29) is 29.5 Å². The molecule has 8 heteroatoms. The Morgan fingerprint density at radius 3 is 2.10 bits per heavy atom. The van der Waals surface area contributed by atoms with Crippen molar-refractivity contribution in [1.82, 2.24) is 4.90 Å². The Hall–Kier alpha value is -2.32. The number of carbonyl (C=O) groups is 1. The largest absolute Gasteiger partial charge is 0.497 e. The third kappa shape index (κ3) is 14.2. The van der Waals surface area contributed by atoms with Crippen LogP contribution in [-0.4, -0.2) is 37.0 Å². The Bertz CT molecular complexity index is 1060. The van der Waals surface area contributed by atoms with Crippen LogP contribution in [0.4, 0.5) is 5.69 Å². The van der Waals surface area contributed by atoms with E-state index in [9.17, 15) is 4.79 Å². The van der Waals surface area contributed by atoms with E-state index < -0.39 is 0 Å². The molecule has 3 rings (SSSR count). The molecule has 1 N–H and O–H groups in total. The van der Waals surface area contributed by atoms with Gasteiger partial charge >= 0.3 is 0 Å². The molecule has 42 heavy (non-hydrogen) atoms. The average Bonchev–Trinajstić information content (AvgIpc) is 3.39. The molecule has 0 unspecified atom stereocenters. The third-order valence-corrected chi connectivity index (χ3v) is 8.23. The Morgan fingerprint density at radius 1 is 0.857 bits per heavy atom. The maximum absolute atomic E-state index is 12.6. The van der Waals surface area contributed by atoms with Crippen LogP contribution in [0.15, 0.2) is 53.6 Å². The highest BCUT2D eigenvalue weighted by atomic mass is 79.9. The molecule has 1 aliphatic heterocycles. The molecule has 1 amide bonds. The highest BCUT2D eigenvalue weighted by Crippen LogP contribution is 2.32. The number of ether oxygens (including phenoxy) is 3. The zero-order valence-electron chi connectivity index (χ0n) is 25.8. The van der Waals surface area contributed by atoms with Gasteiger partial charge in [-0.05, 0) is 48.1 Å². The molecular weight excluding hydrogens is 612 g/mol. The topological polar surface area (TPSA) is 60.0 Å². The van der Waals surface area contributed by atoms with Gasteiger partial charge in [0, 0.05) is 24.5 Å². The molecule has 0 radical (unpaired) electrons. The molecule has 0 fully saturated rings. The van der Waals surface area contributed by atoms with Gasteiger partial charge < -0.3 is 24.4 Å². The summed E-state index contributed by atoms with van der Waals surface area (Å²) in [5.41, 5.74) is 1.96. The van der Waals surface area contributed by atoms with Gasteiger partial charge in [0.2, 0.25) is 0 Å². The molecule has 1 aliphatic rings. The summed E-state index contributed by atoms with van der Waals surface area (Å²) < 4.78 is 17.3. The van der Waals surface area contributed by atoms with Crippen LogP contribution in [0.3, 0.4) is 0 Å². The Kier molecular flexibility index (Phi) is 18.3. The van der Waals surface area contributed by atoms with Crippen molar-refractivity contribution in [2.45, 2.75) is 97.4 Å². The van der Waals surface area contributed by atoms with Crippen LogP contribution in [0.25, 0.3) is 0 Å². The van der Waals surface area contributed by atoms with Gasteiger partial charge in [-0.3, -0.25) is 4.79 Å². The van der Waals surface area contributed by atoms with E-state index in [0.29, 0.717) is 23.9 Å². The summed E-state index contributed by atoms with van der Waals surface area (Å²) in [5.74, 6) is 2.62. The minimum atomic E-state index is -0.213. The van der Waals surface area contributed by atoms with Crippen molar-refractivity contribution in [1.29, 1.82) is 0 Å². The van der Waals surface area contributed by atoms with Gasteiger partial charge in [0.05, 0.1) is 19.6 Å². The first-order valence-electron chi connectivity index (χ1n) is 15.4. The number of anilines is 1. The molecule has 0 saturated carbocycles. The predicted molar refractivity (Wildman–Crippen MR) is 182 cm³/mol. The maximum Gasteiger partial charge on any atom is 0.262 e. The minimum Gasteiger partial charge on any atom is -0.497 e. The molecule has 0 atom stereocenters. The highest BCUT2D eigenvalue weighted by molar-refractivity contribution is 8.93. The first kappa shape index (κ1) is 35.9. The number of hydrogen-bond donors (Lipinski definition) is 1. The van der Waals surface area contributed by atoms with Gasteiger partial charge in [-0.2, -0.15) is 0 Å². The highest BCUT2D eigenvalue weighted by Gasteiger charge is 2.12. The third-order valence-electron chi connectivity index (χ3n) is 7.21. The van der Waals surface area contributed by atoms with E-state index in [1.54, 1.807) is 13.2 Å². The Morgan fingerprint density at radius 2 is 1.50 bits per heavy atom. The average molecular weight is 664 g/mol. The fraction of sp³-hybridized carbons (Fsp3) is 0.559. The molecule has 0 bridgehead atoms. The summed E-state index contributed by atoms with van der Waals surface area (Å²) in [6.45, 7) is 5.78. The number of methoxy groups -OCH3 is 1. The molecule has 1 heterocycles. The number of amides is 1. The zero-order chi connectivity index (χ0) is 29.1. The molecule has 0 aromatic heterocycles. The van der Waals surface area contributed by atoms with E-state index in [1.165, 1.54) is 74.7 Å². The van der Waals surface area contributed by atoms with Crippen molar-refractivity contribution in [3.63, 3.8) is 0 Å². The smallest absolute Gasteiger partial charge is 0.262 e. The summed E-state index contributed by atoms with van der Waals surface area (Å²) in [6.07, 6.45) is 17.9. The molecule has 0 aliphatic carbocycles. The second-order valence-corrected chi connectivity index (χ2v) is 12.0. The number of unbranched alkanes of at least 4 members (excludes halogenated alkanes) is 11. The SMILES string of the molecule is Br.CCCCCCCCCCCCCCOc1cc(OC)ccc1OCC(=O)Nc1ccc(CN2C=C(C)SC2)cc1. The van der Waals surface area contributed by atoms with Gasteiger partial charge in [0.25, 0.3) is 5.91 Å². The van der Waals surface area contributed by atoms with Gasteiger partial charge in [-0.25, -0.2) is 0 Å². The number of thioether (sulfide) groups is 1. The fourth-order valence-electron chi connectivity index (χ4n) is 4.85. The van der Waals surface area contributed by atoms with Gasteiger partial charge in [0.15, 0.2) is 18.1 Å². The number of benzene rings is 2. The van der Waals surface area contributed by atoms with E-state index in [4.69, 9.17) is 14.2 Å². The van der Waals surface area contributed by atoms with Crippen molar-refractivity contribution in [3.05, 3.63) is 59.1 Å². The van der Waals surface area contributed by atoms with E-state index >= 15 is 0 Å². The van der Waals surface area contributed by atoms with E-state index in [0.717, 1.165) is 31.0 Å². The second-order valence-electron chi connectivity index (χ2n) is 10.8. The van der Waals surface area contributed by atoms with Gasteiger partial charge in [-0.15, -0.1) is 28.7 Å². The van der Waals surface area contributed by atoms with Crippen LogP contribution < -0.4 is 19.5 Å². The summed E-state index contributed by atoms with van der Waals surface area (Å²) in [4.78, 5) is 16.2. The van der Waals surface area contributed by atoms with Crippen molar-refractivity contribution < 1.29 is 19.0 Å². The van der Waals surface area contributed by atoms with Crippen molar-refractivity contribution >= 4 is 40.3 Å². The lowest BCUT2D eigenvalue weighted by atomic mass is 10.1.